The topological polar surface area (TPSA) is 0 Å². The van der Waals surface area contributed by atoms with Crippen LogP contribution in [0, 0.1) is 5.92 Å². The van der Waals surface area contributed by atoms with Gasteiger partial charge in [-0.25, -0.2) is 0 Å². The van der Waals surface area contributed by atoms with Gasteiger partial charge in [0.2, 0.25) is 0 Å². The van der Waals surface area contributed by atoms with E-state index in [1.807, 2.05) is 0 Å². The number of unbranched alkanes of at least 4 members (excludes halogenated alkanes) is 4. The molecule has 1 aliphatic rings. The maximum atomic E-state index is 12.4. The first kappa shape index (κ1) is 21.7. The molecule has 1 fully saturated rings. The fourth-order valence-electron chi connectivity index (χ4n) is 4.54. The van der Waals surface area contributed by atoms with E-state index in [4.69, 9.17) is 0 Å². The molecule has 0 unspecified atom stereocenters. The number of benzene rings is 2. The molecule has 0 radical (unpaired) electrons. The maximum Gasteiger partial charge on any atom is 0.266 e. The normalized spacial score (nSPS) is 19.1. The third-order valence-electron chi connectivity index (χ3n) is 6.37. The van der Waals surface area contributed by atoms with Crippen molar-refractivity contribution in [3.63, 3.8) is 0 Å². The van der Waals surface area contributed by atoms with Gasteiger partial charge in [-0.05, 0) is 78.7 Å². The van der Waals surface area contributed by atoms with E-state index >= 15 is 0 Å². The minimum atomic E-state index is -1.53. The molecule has 0 heterocycles. The number of hydrogen-bond donors (Lipinski definition) is 0. The van der Waals surface area contributed by atoms with Crippen LogP contribution in [-0.4, -0.2) is 0 Å². The highest BCUT2D eigenvalue weighted by atomic mass is 19.3. The van der Waals surface area contributed by atoms with Crippen LogP contribution in [0.25, 0.3) is 11.1 Å². The average Bonchev–Trinajstić information content (AvgIpc) is 2.74. The van der Waals surface area contributed by atoms with E-state index in [2.05, 4.69) is 55.5 Å². The number of aryl methyl sites for hydroxylation is 1. The van der Waals surface area contributed by atoms with E-state index in [9.17, 15) is 8.78 Å². The first-order valence-corrected chi connectivity index (χ1v) is 11.4. The molecule has 0 aromatic heterocycles. The Hall–Kier alpha value is -1.96. The molecule has 0 saturated heterocycles. The minimum absolute atomic E-state index is 0.0562. The summed E-state index contributed by atoms with van der Waals surface area (Å²) in [7, 11) is 0. The smallest absolute Gasteiger partial charge is 0.174 e. The quantitative estimate of drug-likeness (QED) is 0.371. The van der Waals surface area contributed by atoms with Gasteiger partial charge in [0.15, 0.2) is 0 Å². The highest BCUT2D eigenvalue weighted by Crippen LogP contribution is 2.37. The predicted octanol–water partition coefficient (Wildman–Crippen LogP) is 8.92. The molecule has 0 aliphatic heterocycles. The Morgan fingerprint density at radius 1 is 0.793 bits per heavy atom. The molecule has 2 aromatic rings. The van der Waals surface area contributed by atoms with Crippen molar-refractivity contribution >= 4 is 0 Å². The van der Waals surface area contributed by atoms with Crippen molar-refractivity contribution in [2.45, 2.75) is 77.0 Å². The second-order valence-electron chi connectivity index (χ2n) is 8.55. The van der Waals surface area contributed by atoms with Gasteiger partial charge in [-0.15, -0.1) is 0 Å². The highest BCUT2D eigenvalue weighted by Gasteiger charge is 2.21. The molecule has 2 aromatic carbocycles. The summed E-state index contributed by atoms with van der Waals surface area (Å²) in [5, 5.41) is 0. The van der Waals surface area contributed by atoms with Gasteiger partial charge in [0.05, 0.1) is 0 Å². The first-order chi connectivity index (χ1) is 14.2. The van der Waals surface area contributed by atoms with Crippen molar-refractivity contribution in [1.29, 1.82) is 0 Å². The van der Waals surface area contributed by atoms with Gasteiger partial charge < -0.3 is 0 Å². The lowest BCUT2D eigenvalue weighted by Crippen LogP contribution is -2.11. The monoisotopic (exact) mass is 396 g/mol. The van der Waals surface area contributed by atoms with E-state index in [0.717, 1.165) is 31.8 Å². The Balaban J connectivity index is 1.52. The molecule has 0 N–H and O–H groups in total. The molecule has 0 spiro atoms. The van der Waals surface area contributed by atoms with Crippen molar-refractivity contribution in [2.75, 3.05) is 0 Å². The third-order valence-corrected chi connectivity index (χ3v) is 6.37. The largest absolute Gasteiger partial charge is 0.266 e. The number of rotatable bonds is 9. The van der Waals surface area contributed by atoms with Crippen LogP contribution in [0.3, 0.4) is 0 Å². The van der Waals surface area contributed by atoms with Crippen molar-refractivity contribution in [3.05, 3.63) is 71.8 Å². The standard InChI is InChI=1S/C27H34F2/c1-2-3-4-5-6-7-21-8-12-23(13-9-21)25-16-18-26(19-17-25)24-14-10-22(11-15-24)20-27(28)29/h8-9,12-13,16-20,22,24H,2-7,10-11,14-15H2,1H3. The number of hydrogen-bond acceptors (Lipinski definition) is 0. The van der Waals surface area contributed by atoms with Crippen molar-refractivity contribution in [3.8, 4) is 11.1 Å². The zero-order chi connectivity index (χ0) is 20.5. The summed E-state index contributed by atoms with van der Waals surface area (Å²) in [6, 6.07) is 17.9. The second-order valence-corrected chi connectivity index (χ2v) is 8.55. The number of halogens is 2. The van der Waals surface area contributed by atoms with E-state index < -0.39 is 6.08 Å². The summed E-state index contributed by atoms with van der Waals surface area (Å²) in [6.45, 7) is 2.25. The summed E-state index contributed by atoms with van der Waals surface area (Å²) >= 11 is 0. The lowest BCUT2D eigenvalue weighted by molar-refractivity contribution is 0.351. The Morgan fingerprint density at radius 3 is 1.97 bits per heavy atom. The van der Waals surface area contributed by atoms with Gasteiger partial charge in [-0.1, -0.05) is 81.1 Å². The molecule has 1 aliphatic carbocycles. The van der Waals surface area contributed by atoms with Crippen LogP contribution in [-0.2, 0) is 6.42 Å². The van der Waals surface area contributed by atoms with Crippen LogP contribution in [0.4, 0.5) is 8.78 Å². The van der Waals surface area contributed by atoms with Gasteiger partial charge in [0.1, 0.15) is 0 Å². The van der Waals surface area contributed by atoms with Crippen LogP contribution in [0.15, 0.2) is 60.7 Å². The van der Waals surface area contributed by atoms with E-state index in [1.165, 1.54) is 60.8 Å². The SMILES string of the molecule is CCCCCCCc1ccc(-c2ccc(C3CCC(C=C(F)F)CC3)cc2)cc1. The van der Waals surface area contributed by atoms with Crippen molar-refractivity contribution < 1.29 is 8.78 Å². The van der Waals surface area contributed by atoms with Gasteiger partial charge in [-0.2, -0.15) is 8.78 Å². The molecule has 0 nitrogen and oxygen atoms in total. The van der Waals surface area contributed by atoms with Gasteiger partial charge >= 0.3 is 0 Å². The van der Waals surface area contributed by atoms with Gasteiger partial charge in [0.25, 0.3) is 6.08 Å². The van der Waals surface area contributed by atoms with Crippen LogP contribution < -0.4 is 0 Å². The van der Waals surface area contributed by atoms with Gasteiger partial charge in [-0.3, -0.25) is 0 Å². The van der Waals surface area contributed by atoms with Crippen LogP contribution >= 0.6 is 0 Å². The van der Waals surface area contributed by atoms with Crippen molar-refractivity contribution in [2.24, 2.45) is 5.92 Å². The highest BCUT2D eigenvalue weighted by molar-refractivity contribution is 5.64. The molecule has 1 saturated carbocycles. The molecular weight excluding hydrogens is 362 g/mol. The first-order valence-electron chi connectivity index (χ1n) is 11.4. The Morgan fingerprint density at radius 2 is 1.38 bits per heavy atom. The minimum Gasteiger partial charge on any atom is -0.174 e. The summed E-state index contributed by atoms with van der Waals surface area (Å²) < 4.78 is 24.9. The molecule has 0 bridgehead atoms. The van der Waals surface area contributed by atoms with Crippen molar-refractivity contribution in [1.82, 2.24) is 0 Å². The van der Waals surface area contributed by atoms with Crippen LogP contribution in [0.2, 0.25) is 0 Å². The molecular formula is C27H34F2. The Kier molecular flexibility index (Phi) is 8.46. The van der Waals surface area contributed by atoms with Gasteiger partial charge in [0, 0.05) is 0 Å². The average molecular weight is 397 g/mol. The molecule has 156 valence electrons. The predicted molar refractivity (Wildman–Crippen MR) is 119 cm³/mol. The lowest BCUT2D eigenvalue weighted by atomic mass is 9.78. The van der Waals surface area contributed by atoms with Crippen LogP contribution in [0.1, 0.15) is 81.8 Å². The molecule has 0 amide bonds. The fraction of sp³-hybridized carbons (Fsp3) is 0.481. The lowest BCUT2D eigenvalue weighted by Gasteiger charge is -2.27. The maximum absolute atomic E-state index is 12.4. The van der Waals surface area contributed by atoms with E-state index in [1.54, 1.807) is 0 Å². The van der Waals surface area contributed by atoms with E-state index in [0.29, 0.717) is 5.92 Å². The summed E-state index contributed by atoms with van der Waals surface area (Å²) in [6.07, 6.45) is 11.1. The Labute approximate surface area is 175 Å². The zero-order valence-electron chi connectivity index (χ0n) is 17.7. The summed E-state index contributed by atoms with van der Waals surface area (Å²) in [5.74, 6) is 0.562. The molecule has 3 rings (SSSR count). The molecule has 2 heteroatoms. The molecule has 29 heavy (non-hydrogen) atoms. The summed E-state index contributed by atoms with van der Waals surface area (Å²) in [5.41, 5.74) is 5.29. The Bertz CT molecular complexity index is 746. The third kappa shape index (κ3) is 6.80. The van der Waals surface area contributed by atoms with E-state index in [-0.39, 0.29) is 5.92 Å². The number of allylic oxidation sites excluding steroid dienone is 1. The zero-order valence-corrected chi connectivity index (χ0v) is 17.7. The van der Waals surface area contributed by atoms with Crippen LogP contribution in [0.5, 0.6) is 0 Å². The summed E-state index contributed by atoms with van der Waals surface area (Å²) in [4.78, 5) is 0. The second kappa shape index (κ2) is 11.3. The fourth-order valence-corrected chi connectivity index (χ4v) is 4.54. The molecule has 0 atom stereocenters.